The van der Waals surface area contributed by atoms with Gasteiger partial charge in [0.25, 0.3) is 20.0 Å². The number of aliphatic hydroxyl groups excluding tert-OH is 4. The van der Waals surface area contributed by atoms with Gasteiger partial charge in [-0.1, -0.05) is 0 Å². The van der Waals surface area contributed by atoms with E-state index in [-0.39, 0.29) is 22.5 Å². The molecule has 0 aliphatic carbocycles. The minimum atomic E-state index is -5.62. The molecule has 0 spiro atoms. The van der Waals surface area contributed by atoms with Gasteiger partial charge in [0, 0.05) is 6.07 Å². The van der Waals surface area contributed by atoms with Crippen molar-refractivity contribution in [2.24, 2.45) is 5.73 Å². The lowest BCUT2D eigenvalue weighted by Gasteiger charge is -2.26. The second-order valence-corrected chi connectivity index (χ2v) is 12.7. The molecule has 3 aromatic rings. The Morgan fingerprint density at radius 3 is 2.45 bits per heavy atom. The maximum absolute atomic E-state index is 12.4. The highest BCUT2D eigenvalue weighted by Gasteiger charge is 2.49. The van der Waals surface area contributed by atoms with Gasteiger partial charge in [-0.3, -0.25) is 18.5 Å². The molecule has 3 aromatic heterocycles. The minimum absolute atomic E-state index is 0.0446. The van der Waals surface area contributed by atoms with E-state index in [1.165, 1.54) is 40.0 Å². The molecular weight excluding hydrogens is 636 g/mol. The molecule has 2 saturated heterocycles. The van der Waals surface area contributed by atoms with Crippen LogP contribution in [0.25, 0.3) is 11.2 Å². The number of primary amides is 1. The number of phosphoric ester groups is 2. The molecule has 1 amide bonds. The number of phosphoric acid groups is 2. The van der Waals surface area contributed by atoms with E-state index in [2.05, 4.69) is 28.3 Å². The Morgan fingerprint density at radius 1 is 1.05 bits per heavy atom. The second-order valence-electron chi connectivity index (χ2n) is 9.67. The van der Waals surface area contributed by atoms with Crippen LogP contribution in [0.2, 0.25) is 0 Å². The number of imidazole rings is 1. The van der Waals surface area contributed by atoms with Crippen LogP contribution in [0, 0.1) is 0 Å². The summed E-state index contributed by atoms with van der Waals surface area (Å²) < 4.78 is 51.5. The average molecular weight is 663 g/mol. The third-order valence-corrected chi connectivity index (χ3v) is 9.30. The summed E-state index contributed by atoms with van der Waals surface area (Å²) in [5.41, 5.74) is 11.4. The molecule has 21 nitrogen and oxygen atoms in total. The molecule has 0 saturated carbocycles. The number of ether oxygens (including phenoxy) is 2. The third kappa shape index (κ3) is 6.65. The lowest BCUT2D eigenvalue weighted by Crippen LogP contribution is -2.46. The topological polar surface area (TPSA) is 321 Å². The van der Waals surface area contributed by atoms with Crippen LogP contribution in [0.4, 0.5) is 5.82 Å². The Balaban J connectivity index is 1.16. The van der Waals surface area contributed by atoms with Gasteiger partial charge in [-0.25, -0.2) is 23.8 Å². The minimum Gasteiger partial charge on any atom is -0.756 e. The van der Waals surface area contributed by atoms with Crippen molar-refractivity contribution in [3.8, 4) is 0 Å². The van der Waals surface area contributed by atoms with E-state index in [4.69, 9.17) is 20.9 Å². The highest BCUT2D eigenvalue weighted by Crippen LogP contribution is 2.58. The fraction of sp³-hybridized carbons (Fsp3) is 0.476. The number of carbonyl (C=O) groups is 1. The van der Waals surface area contributed by atoms with Crippen LogP contribution in [-0.4, -0.2) is 101 Å². The SMILES string of the molecule is NC(=O)c1ccc[n+]([C@@H]2O[C@H](COP(=O)([O-])OP(=O)(O)OC[C@H]3O[C@@H](n4cnc5c(N)ncnc54)C(O)C3O)C(O)C2O)c1. The molecular formula is C21H27N7O14P2. The predicted molar refractivity (Wildman–Crippen MR) is 137 cm³/mol. The average Bonchev–Trinajstić information content (AvgIpc) is 3.61. The van der Waals surface area contributed by atoms with Crippen LogP contribution in [0.5, 0.6) is 0 Å². The lowest BCUT2D eigenvalue weighted by atomic mass is 10.1. The fourth-order valence-electron chi connectivity index (χ4n) is 4.57. The third-order valence-electron chi connectivity index (χ3n) is 6.74. The van der Waals surface area contributed by atoms with E-state index in [1.54, 1.807) is 0 Å². The second kappa shape index (κ2) is 12.4. The summed E-state index contributed by atoms with van der Waals surface area (Å²) in [7, 11) is -11.0. The molecule has 5 heterocycles. The molecule has 2 aliphatic heterocycles. The summed E-state index contributed by atoms with van der Waals surface area (Å²) in [5, 5.41) is 41.6. The van der Waals surface area contributed by atoms with Gasteiger partial charge in [-0.2, -0.15) is 4.57 Å². The first-order valence-corrected chi connectivity index (χ1v) is 15.5. The number of pyridine rings is 1. The standard InChI is InChI=1S/C21H27N7O14P2/c22-17-12-19(25-7-24-17)28(8-26-12)21-16(32)14(30)11(41-21)6-39-44(36,37)42-43(34,35)38-5-10-13(29)15(31)20(40-10)27-3-1-2-9(4-27)18(23)33/h1-4,7-8,10-11,13-16,20-21,29-32H,5-6H2,(H5-,22,23,24,25,33,34,35,36,37)/t10-,11-,13?,14?,15?,16?,20-,21-/m1/s1. The Hall–Kier alpha value is -3.01. The molecule has 6 unspecified atom stereocenters. The number of nitrogens with zero attached hydrogens (tertiary/aromatic N) is 5. The zero-order valence-electron chi connectivity index (χ0n) is 22.2. The lowest BCUT2D eigenvalue weighted by molar-refractivity contribution is -0.765. The van der Waals surface area contributed by atoms with Gasteiger partial charge in [0.15, 0.2) is 36.2 Å². The molecule has 240 valence electrons. The number of rotatable bonds is 11. The Bertz CT molecular complexity index is 1630. The van der Waals surface area contributed by atoms with Crippen molar-refractivity contribution in [3.05, 3.63) is 42.7 Å². The maximum Gasteiger partial charge on any atom is 0.478 e. The van der Waals surface area contributed by atoms with E-state index in [0.717, 1.165) is 6.33 Å². The van der Waals surface area contributed by atoms with Gasteiger partial charge < -0.3 is 55.7 Å². The number of carbonyl (C=O) groups excluding carboxylic acids is 1. The van der Waals surface area contributed by atoms with Crippen LogP contribution in [0.1, 0.15) is 22.8 Å². The smallest absolute Gasteiger partial charge is 0.478 e. The summed E-state index contributed by atoms with van der Waals surface area (Å²) >= 11 is 0. The molecule has 23 heteroatoms. The maximum atomic E-state index is 12.4. The van der Waals surface area contributed by atoms with Crippen LogP contribution < -0.4 is 20.9 Å². The first-order chi connectivity index (χ1) is 20.7. The van der Waals surface area contributed by atoms with Crippen molar-refractivity contribution in [1.82, 2.24) is 19.5 Å². The van der Waals surface area contributed by atoms with Gasteiger partial charge in [0.2, 0.25) is 0 Å². The zero-order valence-corrected chi connectivity index (χ0v) is 24.0. The molecule has 0 aromatic carbocycles. The molecule has 10 atom stereocenters. The number of nitrogen functional groups attached to an aromatic ring is 1. The molecule has 2 aliphatic rings. The quantitative estimate of drug-likeness (QED) is 0.0768. The van der Waals surface area contributed by atoms with E-state index in [1.807, 2.05) is 0 Å². The van der Waals surface area contributed by atoms with E-state index in [0.29, 0.717) is 0 Å². The normalized spacial score (nSPS) is 31.6. The number of hydrogen-bond donors (Lipinski definition) is 7. The Labute approximate surface area is 246 Å². The van der Waals surface area contributed by atoms with Crippen molar-refractivity contribution in [2.45, 2.75) is 49.1 Å². The summed E-state index contributed by atoms with van der Waals surface area (Å²) in [5.74, 6) is -0.729. The van der Waals surface area contributed by atoms with Crippen molar-refractivity contribution in [2.75, 3.05) is 18.9 Å². The van der Waals surface area contributed by atoms with Crippen LogP contribution in [0.15, 0.2) is 37.2 Å². The highest BCUT2D eigenvalue weighted by atomic mass is 31.3. The zero-order chi connectivity index (χ0) is 32.0. The molecule has 0 radical (unpaired) electrons. The van der Waals surface area contributed by atoms with Gasteiger partial charge in [0.05, 0.1) is 19.5 Å². The summed E-state index contributed by atoms with van der Waals surface area (Å²) in [6.45, 7) is -1.89. The summed E-state index contributed by atoms with van der Waals surface area (Å²) in [4.78, 5) is 45.5. The van der Waals surface area contributed by atoms with Gasteiger partial charge in [-0.05, 0) is 6.07 Å². The van der Waals surface area contributed by atoms with Gasteiger partial charge >= 0.3 is 7.82 Å². The van der Waals surface area contributed by atoms with E-state index < -0.39 is 83.8 Å². The number of aromatic nitrogens is 5. The number of hydrogen-bond acceptors (Lipinski definition) is 17. The van der Waals surface area contributed by atoms with Crippen molar-refractivity contribution < 1.29 is 71.5 Å². The molecule has 2 fully saturated rings. The summed E-state index contributed by atoms with van der Waals surface area (Å²) in [6.07, 6.45) is -7.05. The number of aliphatic hydroxyl groups is 4. The number of anilines is 1. The Morgan fingerprint density at radius 2 is 1.73 bits per heavy atom. The van der Waals surface area contributed by atoms with E-state index >= 15 is 0 Å². The Kier molecular flexibility index (Phi) is 9.13. The summed E-state index contributed by atoms with van der Waals surface area (Å²) in [6, 6.07) is 2.82. The van der Waals surface area contributed by atoms with E-state index in [9.17, 15) is 44.1 Å². The molecule has 44 heavy (non-hydrogen) atoms. The molecule has 9 N–H and O–H groups in total. The van der Waals surface area contributed by atoms with Crippen LogP contribution in [-0.2, 0) is 32.0 Å². The number of fused-ring (bicyclic) bond motifs is 1. The largest absolute Gasteiger partial charge is 0.756 e. The predicted octanol–water partition coefficient (Wildman–Crippen LogP) is -3.65. The van der Waals surface area contributed by atoms with Crippen molar-refractivity contribution >= 4 is 38.5 Å². The monoisotopic (exact) mass is 663 g/mol. The van der Waals surface area contributed by atoms with Gasteiger partial charge in [0.1, 0.15) is 47.9 Å². The highest BCUT2D eigenvalue weighted by molar-refractivity contribution is 7.60. The van der Waals surface area contributed by atoms with Crippen LogP contribution >= 0.6 is 15.6 Å². The van der Waals surface area contributed by atoms with Crippen molar-refractivity contribution in [1.29, 1.82) is 0 Å². The molecule has 5 rings (SSSR count). The number of amides is 1. The number of nitrogens with two attached hydrogens (primary N) is 2. The fourth-order valence-corrected chi connectivity index (χ4v) is 6.62. The van der Waals surface area contributed by atoms with Crippen molar-refractivity contribution in [3.63, 3.8) is 0 Å². The van der Waals surface area contributed by atoms with Gasteiger partial charge in [-0.15, -0.1) is 0 Å². The first kappa shape index (κ1) is 32.4. The van der Waals surface area contributed by atoms with Crippen LogP contribution in [0.3, 0.4) is 0 Å². The molecule has 0 bridgehead atoms. The first-order valence-electron chi connectivity index (χ1n) is 12.6.